The molecule has 1 aliphatic rings. The van der Waals surface area contributed by atoms with Gasteiger partial charge in [0.1, 0.15) is 4.90 Å². The monoisotopic (exact) mass is 308 g/mol. The van der Waals surface area contributed by atoms with Gasteiger partial charge in [0.25, 0.3) is 0 Å². The summed E-state index contributed by atoms with van der Waals surface area (Å²) in [6, 6.07) is 4.49. The lowest BCUT2D eigenvalue weighted by molar-refractivity contribution is 0.464. The topological polar surface area (TPSA) is 63.4 Å². The van der Waals surface area contributed by atoms with Crippen LogP contribution in [0.2, 0.25) is 10.0 Å². The van der Waals surface area contributed by atoms with Crippen molar-refractivity contribution < 1.29 is 8.42 Å². The summed E-state index contributed by atoms with van der Waals surface area (Å²) in [4.78, 5) is -0.0327. The highest BCUT2D eigenvalue weighted by Gasteiger charge is 2.37. The Morgan fingerprint density at radius 2 is 1.83 bits per heavy atom. The van der Waals surface area contributed by atoms with Crippen LogP contribution in [0, 0.1) is 5.92 Å². The van der Waals surface area contributed by atoms with Crippen molar-refractivity contribution in [3.05, 3.63) is 28.2 Å². The Labute approximate surface area is 117 Å². The highest BCUT2D eigenvalue weighted by molar-refractivity contribution is 7.89. The fourth-order valence-electron chi connectivity index (χ4n) is 2.00. The minimum absolute atomic E-state index is 0.0327. The van der Waals surface area contributed by atoms with Gasteiger partial charge in [-0.25, -0.2) is 8.42 Å². The predicted octanol–water partition coefficient (Wildman–Crippen LogP) is 1.96. The molecule has 2 rings (SSSR count). The van der Waals surface area contributed by atoms with E-state index in [2.05, 4.69) is 0 Å². The first-order chi connectivity index (χ1) is 8.34. The molecule has 7 heteroatoms. The second-order valence-electron chi connectivity index (χ2n) is 4.51. The first-order valence-electron chi connectivity index (χ1n) is 5.53. The zero-order chi connectivity index (χ0) is 13.5. The molecule has 0 aliphatic carbocycles. The number of nitrogens with two attached hydrogens (primary N) is 1. The molecule has 1 fully saturated rings. The van der Waals surface area contributed by atoms with E-state index < -0.39 is 10.0 Å². The molecule has 0 amide bonds. The van der Waals surface area contributed by atoms with Crippen LogP contribution < -0.4 is 5.73 Å². The van der Waals surface area contributed by atoms with Gasteiger partial charge in [0, 0.05) is 19.1 Å². The van der Waals surface area contributed by atoms with E-state index in [-0.39, 0.29) is 26.9 Å². The number of hydrogen-bond donors (Lipinski definition) is 1. The summed E-state index contributed by atoms with van der Waals surface area (Å²) in [5.74, 6) is 0.126. The van der Waals surface area contributed by atoms with Crippen molar-refractivity contribution in [2.75, 3.05) is 13.1 Å². The number of nitrogens with zero attached hydrogens (tertiary/aromatic N) is 1. The molecule has 1 aromatic rings. The van der Waals surface area contributed by atoms with Gasteiger partial charge in [0.15, 0.2) is 0 Å². The lowest BCUT2D eigenvalue weighted by atomic mass is 10.1. The molecule has 2 atom stereocenters. The van der Waals surface area contributed by atoms with Gasteiger partial charge < -0.3 is 5.73 Å². The van der Waals surface area contributed by atoms with Crippen LogP contribution in [0.25, 0.3) is 0 Å². The van der Waals surface area contributed by atoms with Crippen LogP contribution in [-0.4, -0.2) is 31.9 Å². The Hall–Kier alpha value is -0.330. The van der Waals surface area contributed by atoms with Crippen molar-refractivity contribution in [2.45, 2.75) is 17.9 Å². The summed E-state index contributed by atoms with van der Waals surface area (Å²) in [7, 11) is -3.68. The minimum atomic E-state index is -3.68. The maximum atomic E-state index is 12.5. The van der Waals surface area contributed by atoms with E-state index >= 15 is 0 Å². The van der Waals surface area contributed by atoms with E-state index in [9.17, 15) is 8.42 Å². The summed E-state index contributed by atoms with van der Waals surface area (Å²) in [5.41, 5.74) is 5.85. The van der Waals surface area contributed by atoms with Crippen molar-refractivity contribution in [1.29, 1.82) is 0 Å². The highest BCUT2D eigenvalue weighted by Crippen LogP contribution is 2.33. The third-order valence-electron chi connectivity index (χ3n) is 3.15. The molecule has 0 spiro atoms. The average Bonchev–Trinajstić information content (AvgIpc) is 2.59. The molecular formula is C11H14Cl2N2O2S. The minimum Gasteiger partial charge on any atom is -0.326 e. The van der Waals surface area contributed by atoms with Gasteiger partial charge in [0.05, 0.1) is 10.0 Å². The molecule has 100 valence electrons. The second kappa shape index (κ2) is 4.98. The smallest absolute Gasteiger partial charge is 0.246 e. The van der Waals surface area contributed by atoms with Crippen LogP contribution in [0.1, 0.15) is 6.92 Å². The zero-order valence-electron chi connectivity index (χ0n) is 9.81. The van der Waals surface area contributed by atoms with Crippen molar-refractivity contribution in [1.82, 2.24) is 4.31 Å². The summed E-state index contributed by atoms with van der Waals surface area (Å²) in [6.07, 6.45) is 0. The summed E-state index contributed by atoms with van der Waals surface area (Å²) >= 11 is 11.9. The maximum absolute atomic E-state index is 12.5. The van der Waals surface area contributed by atoms with Gasteiger partial charge in [-0.05, 0) is 18.1 Å². The Bertz CT molecular complexity index is 532. The van der Waals surface area contributed by atoms with Gasteiger partial charge >= 0.3 is 0 Å². The van der Waals surface area contributed by atoms with E-state index in [0.717, 1.165) is 0 Å². The number of hydrogen-bond acceptors (Lipinski definition) is 3. The van der Waals surface area contributed by atoms with Gasteiger partial charge in [-0.15, -0.1) is 0 Å². The fraction of sp³-hybridized carbons (Fsp3) is 0.455. The second-order valence-corrected chi connectivity index (χ2v) is 7.20. The van der Waals surface area contributed by atoms with Crippen molar-refractivity contribution >= 4 is 33.2 Å². The van der Waals surface area contributed by atoms with Gasteiger partial charge in [-0.1, -0.05) is 36.2 Å². The standard InChI is InChI=1S/C11H14Cl2N2O2S/c1-7-5-15(6-10(7)14)18(16,17)11-8(12)3-2-4-9(11)13/h2-4,7,10H,5-6,14H2,1H3. The van der Waals surface area contributed by atoms with Crippen molar-refractivity contribution in [2.24, 2.45) is 11.7 Å². The summed E-state index contributed by atoms with van der Waals surface area (Å²) in [6.45, 7) is 2.62. The lowest BCUT2D eigenvalue weighted by Crippen LogP contribution is -2.32. The fourth-order valence-corrected chi connectivity index (χ4v) is 4.67. The normalized spacial score (nSPS) is 25.6. The number of rotatable bonds is 2. The SMILES string of the molecule is CC1CN(S(=O)(=O)c2c(Cl)cccc2Cl)CC1N. The van der Waals surface area contributed by atoms with Crippen LogP contribution in [0.4, 0.5) is 0 Å². The quantitative estimate of drug-likeness (QED) is 0.908. The molecule has 1 saturated heterocycles. The Balaban J connectivity index is 2.44. The molecule has 0 aromatic heterocycles. The molecule has 1 aromatic carbocycles. The zero-order valence-corrected chi connectivity index (χ0v) is 12.1. The molecule has 2 N–H and O–H groups in total. The van der Waals surface area contributed by atoms with Crippen LogP contribution in [0.3, 0.4) is 0 Å². The third kappa shape index (κ3) is 2.38. The van der Waals surface area contributed by atoms with Crippen LogP contribution >= 0.6 is 23.2 Å². The third-order valence-corrected chi connectivity index (χ3v) is 5.94. The summed E-state index contributed by atoms with van der Waals surface area (Å²) < 4.78 is 26.3. The Morgan fingerprint density at radius 1 is 1.28 bits per heavy atom. The number of halogens is 2. The molecule has 1 aliphatic heterocycles. The molecule has 1 heterocycles. The lowest BCUT2D eigenvalue weighted by Gasteiger charge is -2.17. The Morgan fingerprint density at radius 3 is 2.28 bits per heavy atom. The Kier molecular flexibility index (Phi) is 3.90. The number of benzene rings is 1. The predicted molar refractivity (Wildman–Crippen MR) is 72.4 cm³/mol. The van der Waals surface area contributed by atoms with Gasteiger partial charge in [0.2, 0.25) is 10.0 Å². The first kappa shape index (κ1) is 14.1. The average molecular weight is 309 g/mol. The summed E-state index contributed by atoms with van der Waals surface area (Å²) in [5, 5.41) is 0.270. The highest BCUT2D eigenvalue weighted by atomic mass is 35.5. The van der Waals surface area contributed by atoms with Gasteiger partial charge in [-0.2, -0.15) is 4.31 Å². The van der Waals surface area contributed by atoms with Crippen LogP contribution in [0.15, 0.2) is 23.1 Å². The van der Waals surface area contributed by atoms with Crippen LogP contribution in [0.5, 0.6) is 0 Å². The molecule has 4 nitrogen and oxygen atoms in total. The van der Waals surface area contributed by atoms with E-state index in [1.54, 1.807) is 6.07 Å². The van der Waals surface area contributed by atoms with Gasteiger partial charge in [-0.3, -0.25) is 0 Å². The van der Waals surface area contributed by atoms with E-state index in [0.29, 0.717) is 13.1 Å². The first-order valence-corrected chi connectivity index (χ1v) is 7.73. The molecule has 2 unspecified atom stereocenters. The molecular weight excluding hydrogens is 295 g/mol. The van der Waals surface area contributed by atoms with E-state index in [4.69, 9.17) is 28.9 Å². The van der Waals surface area contributed by atoms with E-state index in [1.165, 1.54) is 16.4 Å². The van der Waals surface area contributed by atoms with E-state index in [1.807, 2.05) is 6.92 Å². The maximum Gasteiger partial charge on any atom is 0.246 e. The van der Waals surface area contributed by atoms with Crippen molar-refractivity contribution in [3.8, 4) is 0 Å². The largest absolute Gasteiger partial charge is 0.326 e. The van der Waals surface area contributed by atoms with Crippen LogP contribution in [-0.2, 0) is 10.0 Å². The molecule has 18 heavy (non-hydrogen) atoms. The number of sulfonamides is 1. The molecule has 0 saturated carbocycles. The van der Waals surface area contributed by atoms with Crippen molar-refractivity contribution in [3.63, 3.8) is 0 Å². The molecule has 0 bridgehead atoms. The molecule has 0 radical (unpaired) electrons.